The van der Waals surface area contributed by atoms with Gasteiger partial charge in [0, 0.05) is 25.0 Å². The van der Waals surface area contributed by atoms with Gasteiger partial charge in [0.15, 0.2) is 0 Å². The van der Waals surface area contributed by atoms with Crippen LogP contribution in [0, 0.1) is 5.92 Å². The molecule has 0 amide bonds. The van der Waals surface area contributed by atoms with E-state index in [-0.39, 0.29) is 0 Å². The zero-order valence-electron chi connectivity index (χ0n) is 12.7. The molecule has 2 aromatic rings. The van der Waals surface area contributed by atoms with Crippen LogP contribution in [-0.4, -0.2) is 16.3 Å². The first-order valence-electron chi connectivity index (χ1n) is 7.45. The summed E-state index contributed by atoms with van der Waals surface area (Å²) in [4.78, 5) is 0. The smallest absolute Gasteiger partial charge is 0.0534 e. The van der Waals surface area contributed by atoms with Gasteiger partial charge in [0.1, 0.15) is 0 Å². The molecule has 1 aromatic carbocycles. The summed E-state index contributed by atoms with van der Waals surface area (Å²) in [5.41, 5.74) is 2.77. The highest BCUT2D eigenvalue weighted by atomic mass is 15.3. The van der Waals surface area contributed by atoms with Crippen molar-refractivity contribution >= 4 is 0 Å². The Labute approximate surface area is 122 Å². The van der Waals surface area contributed by atoms with Gasteiger partial charge in [-0.3, -0.25) is 4.68 Å². The van der Waals surface area contributed by atoms with Gasteiger partial charge in [-0.1, -0.05) is 38.1 Å². The molecular formula is C17H25N3. The number of hydrogen-bond donors (Lipinski definition) is 1. The monoisotopic (exact) mass is 271 g/mol. The summed E-state index contributed by atoms with van der Waals surface area (Å²) in [6.07, 6.45) is 4.96. The fourth-order valence-electron chi connectivity index (χ4n) is 2.36. The predicted molar refractivity (Wildman–Crippen MR) is 83.6 cm³/mol. The molecule has 1 unspecified atom stereocenters. The molecule has 1 heterocycles. The standard InChI is InChI=1S/C17H25N3/c1-14(2)13-16-5-7-17(8-6-16)15(3)18-10-12-20-11-4-9-19-20/h4-9,11,14-15,18H,10,12-13H2,1-3H3. The predicted octanol–water partition coefficient (Wildman–Crippen LogP) is 3.43. The summed E-state index contributed by atoms with van der Waals surface area (Å²) < 4.78 is 1.95. The zero-order valence-corrected chi connectivity index (χ0v) is 12.7. The molecule has 0 saturated carbocycles. The Morgan fingerprint density at radius 2 is 1.90 bits per heavy atom. The molecule has 0 aliphatic rings. The van der Waals surface area contributed by atoms with Crippen LogP contribution in [0.4, 0.5) is 0 Å². The van der Waals surface area contributed by atoms with Crippen molar-refractivity contribution in [2.45, 2.75) is 39.8 Å². The van der Waals surface area contributed by atoms with Crippen molar-refractivity contribution in [1.29, 1.82) is 0 Å². The van der Waals surface area contributed by atoms with E-state index in [0.717, 1.165) is 19.5 Å². The highest BCUT2D eigenvalue weighted by Gasteiger charge is 2.05. The molecule has 0 radical (unpaired) electrons. The second kappa shape index (κ2) is 7.25. The van der Waals surface area contributed by atoms with Crippen LogP contribution in [0.3, 0.4) is 0 Å². The first kappa shape index (κ1) is 14.8. The van der Waals surface area contributed by atoms with E-state index in [1.54, 1.807) is 0 Å². The van der Waals surface area contributed by atoms with Gasteiger partial charge in [-0.2, -0.15) is 5.10 Å². The highest BCUT2D eigenvalue weighted by molar-refractivity contribution is 5.25. The van der Waals surface area contributed by atoms with Crippen molar-refractivity contribution in [1.82, 2.24) is 15.1 Å². The van der Waals surface area contributed by atoms with E-state index < -0.39 is 0 Å². The fraction of sp³-hybridized carbons (Fsp3) is 0.471. The van der Waals surface area contributed by atoms with Crippen LogP contribution in [0.2, 0.25) is 0 Å². The lowest BCUT2D eigenvalue weighted by Crippen LogP contribution is -2.23. The topological polar surface area (TPSA) is 29.9 Å². The molecule has 0 aliphatic heterocycles. The molecule has 1 atom stereocenters. The van der Waals surface area contributed by atoms with Gasteiger partial charge >= 0.3 is 0 Å². The molecule has 0 aliphatic carbocycles. The van der Waals surface area contributed by atoms with Crippen molar-refractivity contribution in [2.24, 2.45) is 5.92 Å². The molecule has 0 spiro atoms. The number of aromatic nitrogens is 2. The van der Waals surface area contributed by atoms with E-state index >= 15 is 0 Å². The maximum absolute atomic E-state index is 4.20. The largest absolute Gasteiger partial charge is 0.308 e. The molecule has 1 N–H and O–H groups in total. The van der Waals surface area contributed by atoms with Crippen LogP contribution in [0.15, 0.2) is 42.7 Å². The lowest BCUT2D eigenvalue weighted by Gasteiger charge is -2.15. The summed E-state index contributed by atoms with van der Waals surface area (Å²) >= 11 is 0. The summed E-state index contributed by atoms with van der Waals surface area (Å²) in [7, 11) is 0. The molecule has 0 saturated heterocycles. The van der Waals surface area contributed by atoms with E-state index in [2.05, 4.69) is 55.5 Å². The summed E-state index contributed by atoms with van der Waals surface area (Å²) in [6, 6.07) is 11.3. The van der Waals surface area contributed by atoms with E-state index in [4.69, 9.17) is 0 Å². The van der Waals surface area contributed by atoms with Crippen molar-refractivity contribution < 1.29 is 0 Å². The van der Waals surface area contributed by atoms with Crippen LogP contribution >= 0.6 is 0 Å². The summed E-state index contributed by atoms with van der Waals surface area (Å²) in [5, 5.41) is 7.74. The molecule has 20 heavy (non-hydrogen) atoms. The van der Waals surface area contributed by atoms with Crippen LogP contribution in [0.25, 0.3) is 0 Å². The zero-order chi connectivity index (χ0) is 14.4. The second-order valence-corrected chi connectivity index (χ2v) is 5.78. The van der Waals surface area contributed by atoms with E-state index in [9.17, 15) is 0 Å². The molecule has 0 fully saturated rings. The molecular weight excluding hydrogens is 246 g/mol. The Morgan fingerprint density at radius 3 is 2.50 bits per heavy atom. The molecule has 3 nitrogen and oxygen atoms in total. The van der Waals surface area contributed by atoms with E-state index in [1.807, 2.05) is 23.1 Å². The maximum atomic E-state index is 4.20. The van der Waals surface area contributed by atoms with Gasteiger partial charge in [-0.05, 0) is 36.5 Å². The first-order valence-corrected chi connectivity index (χ1v) is 7.45. The van der Waals surface area contributed by atoms with Gasteiger partial charge < -0.3 is 5.32 Å². The number of benzene rings is 1. The van der Waals surface area contributed by atoms with Gasteiger partial charge in [-0.15, -0.1) is 0 Å². The van der Waals surface area contributed by atoms with Crippen LogP contribution in [0.5, 0.6) is 0 Å². The quantitative estimate of drug-likeness (QED) is 0.836. The molecule has 1 aromatic heterocycles. The van der Waals surface area contributed by atoms with Gasteiger partial charge in [-0.25, -0.2) is 0 Å². The number of nitrogens with zero attached hydrogens (tertiary/aromatic N) is 2. The van der Waals surface area contributed by atoms with Crippen molar-refractivity contribution in [2.75, 3.05) is 6.54 Å². The Balaban J connectivity index is 1.81. The number of hydrogen-bond acceptors (Lipinski definition) is 2. The minimum absolute atomic E-state index is 0.374. The number of nitrogens with one attached hydrogen (secondary N) is 1. The molecule has 0 bridgehead atoms. The van der Waals surface area contributed by atoms with Crippen molar-refractivity contribution in [3.63, 3.8) is 0 Å². The second-order valence-electron chi connectivity index (χ2n) is 5.78. The first-order chi connectivity index (χ1) is 9.65. The van der Waals surface area contributed by atoms with Crippen LogP contribution < -0.4 is 5.32 Å². The van der Waals surface area contributed by atoms with Gasteiger partial charge in [0.25, 0.3) is 0 Å². The van der Waals surface area contributed by atoms with Crippen LogP contribution in [0.1, 0.15) is 37.9 Å². The maximum Gasteiger partial charge on any atom is 0.0534 e. The molecule has 108 valence electrons. The average Bonchev–Trinajstić information content (AvgIpc) is 2.92. The lowest BCUT2D eigenvalue weighted by atomic mass is 10.00. The average molecular weight is 271 g/mol. The third-order valence-electron chi connectivity index (χ3n) is 3.47. The third kappa shape index (κ3) is 4.49. The van der Waals surface area contributed by atoms with Gasteiger partial charge in [0.05, 0.1) is 6.54 Å². The molecule has 3 heteroatoms. The van der Waals surface area contributed by atoms with E-state index in [0.29, 0.717) is 12.0 Å². The lowest BCUT2D eigenvalue weighted by molar-refractivity contribution is 0.507. The van der Waals surface area contributed by atoms with Crippen LogP contribution in [-0.2, 0) is 13.0 Å². The Kier molecular flexibility index (Phi) is 5.36. The van der Waals surface area contributed by atoms with Crippen molar-refractivity contribution in [3.05, 3.63) is 53.9 Å². The fourth-order valence-corrected chi connectivity index (χ4v) is 2.36. The minimum atomic E-state index is 0.374. The Bertz CT molecular complexity index is 485. The minimum Gasteiger partial charge on any atom is -0.308 e. The third-order valence-corrected chi connectivity index (χ3v) is 3.47. The Hall–Kier alpha value is -1.61. The normalized spacial score (nSPS) is 12.8. The van der Waals surface area contributed by atoms with Gasteiger partial charge in [0.2, 0.25) is 0 Å². The number of rotatable bonds is 7. The highest BCUT2D eigenvalue weighted by Crippen LogP contribution is 2.15. The van der Waals surface area contributed by atoms with Crippen molar-refractivity contribution in [3.8, 4) is 0 Å². The van der Waals surface area contributed by atoms with E-state index in [1.165, 1.54) is 11.1 Å². The Morgan fingerprint density at radius 1 is 1.15 bits per heavy atom. The SMILES string of the molecule is CC(C)Cc1ccc(C(C)NCCn2cccn2)cc1. The molecule has 2 rings (SSSR count). The summed E-state index contributed by atoms with van der Waals surface area (Å²) in [5.74, 6) is 0.713. The summed E-state index contributed by atoms with van der Waals surface area (Å²) in [6.45, 7) is 8.56.